The Balaban J connectivity index is 3.08. The molecule has 0 aliphatic carbocycles. The molecule has 0 unspecified atom stereocenters. The molecule has 0 saturated heterocycles. The lowest BCUT2D eigenvalue weighted by Crippen LogP contribution is -1.94. The van der Waals surface area contributed by atoms with Gasteiger partial charge in [-0.15, -0.1) is 0 Å². The number of nitro benzene ring substituents is 1. The van der Waals surface area contributed by atoms with Crippen LogP contribution in [0.2, 0.25) is 0 Å². The summed E-state index contributed by atoms with van der Waals surface area (Å²) in [4.78, 5) is 12.5. The average Bonchev–Trinajstić information content (AvgIpc) is 2.25. The zero-order chi connectivity index (χ0) is 11.3. The first-order valence-corrected chi connectivity index (χ1v) is 4.01. The van der Waals surface area contributed by atoms with Crippen molar-refractivity contribution in [1.29, 1.82) is 0 Å². The number of hydrogen-bond donors (Lipinski definition) is 0. The number of non-ortho nitro benzene ring substituents is 1. The highest BCUT2D eigenvalue weighted by Gasteiger charge is 2.10. The van der Waals surface area contributed by atoms with Gasteiger partial charge in [0.25, 0.3) is 5.69 Å². The van der Waals surface area contributed by atoms with Gasteiger partial charge < -0.3 is 4.74 Å². The number of rotatable bonds is 4. The summed E-state index contributed by atoms with van der Waals surface area (Å²) in [6, 6.07) is 4.14. The summed E-state index contributed by atoms with van der Waals surface area (Å²) in [5.74, 6) is 0.344. The largest absolute Gasteiger partial charge is 0.496 e. The van der Waals surface area contributed by atoms with E-state index in [9.17, 15) is 10.1 Å². The van der Waals surface area contributed by atoms with E-state index in [0.29, 0.717) is 11.3 Å². The van der Waals surface area contributed by atoms with Crippen molar-refractivity contribution in [2.45, 2.75) is 6.54 Å². The van der Waals surface area contributed by atoms with Crippen molar-refractivity contribution in [3.05, 3.63) is 44.3 Å². The standard InChI is InChI=1S/C8H8N4O3/c1-15-8-4-7(12(13)14)3-2-6(8)5-10-11-9/h2-4H,5H2,1H3. The van der Waals surface area contributed by atoms with E-state index in [2.05, 4.69) is 10.0 Å². The van der Waals surface area contributed by atoms with Gasteiger partial charge in [-0.1, -0.05) is 5.11 Å². The Labute approximate surface area is 85.1 Å². The summed E-state index contributed by atoms with van der Waals surface area (Å²) in [5, 5.41) is 13.8. The van der Waals surface area contributed by atoms with E-state index in [-0.39, 0.29) is 12.2 Å². The number of nitro groups is 1. The maximum absolute atomic E-state index is 10.5. The van der Waals surface area contributed by atoms with E-state index in [0.717, 1.165) is 0 Å². The maximum atomic E-state index is 10.5. The molecule has 0 amide bonds. The molecule has 0 radical (unpaired) electrons. The van der Waals surface area contributed by atoms with Crippen LogP contribution in [-0.4, -0.2) is 12.0 Å². The fourth-order valence-corrected chi connectivity index (χ4v) is 1.09. The molecule has 1 aromatic rings. The molecule has 0 spiro atoms. The van der Waals surface area contributed by atoms with Gasteiger partial charge in [-0.25, -0.2) is 0 Å². The van der Waals surface area contributed by atoms with Crippen LogP contribution in [0.4, 0.5) is 5.69 Å². The lowest BCUT2D eigenvalue weighted by atomic mass is 10.2. The zero-order valence-corrected chi connectivity index (χ0v) is 7.95. The van der Waals surface area contributed by atoms with Gasteiger partial charge >= 0.3 is 0 Å². The van der Waals surface area contributed by atoms with Crippen LogP contribution >= 0.6 is 0 Å². The number of hydrogen-bond acceptors (Lipinski definition) is 4. The monoisotopic (exact) mass is 208 g/mol. The SMILES string of the molecule is COc1cc([N+](=O)[O-])ccc1CN=[N+]=[N-]. The second-order valence-corrected chi connectivity index (χ2v) is 2.64. The first-order valence-electron chi connectivity index (χ1n) is 4.01. The Morgan fingerprint density at radius 3 is 2.93 bits per heavy atom. The minimum atomic E-state index is -0.514. The Hall–Kier alpha value is -2.27. The lowest BCUT2D eigenvalue weighted by molar-refractivity contribution is -0.384. The van der Waals surface area contributed by atoms with Crippen LogP contribution in [0.15, 0.2) is 23.3 Å². The quantitative estimate of drug-likeness (QED) is 0.249. The van der Waals surface area contributed by atoms with Gasteiger partial charge in [0.05, 0.1) is 24.6 Å². The summed E-state index contributed by atoms with van der Waals surface area (Å²) in [7, 11) is 1.40. The minimum Gasteiger partial charge on any atom is -0.496 e. The fraction of sp³-hybridized carbons (Fsp3) is 0.250. The van der Waals surface area contributed by atoms with Crippen LogP contribution in [0, 0.1) is 10.1 Å². The zero-order valence-electron chi connectivity index (χ0n) is 7.95. The molecule has 1 aromatic carbocycles. The van der Waals surface area contributed by atoms with Gasteiger partial charge in [0, 0.05) is 16.5 Å². The summed E-state index contributed by atoms with van der Waals surface area (Å²) < 4.78 is 4.95. The summed E-state index contributed by atoms with van der Waals surface area (Å²) in [5.41, 5.74) is 8.70. The van der Waals surface area contributed by atoms with Crippen molar-refractivity contribution in [2.24, 2.45) is 5.11 Å². The van der Waals surface area contributed by atoms with Crippen molar-refractivity contribution in [3.63, 3.8) is 0 Å². The Bertz CT molecular complexity index is 426. The first kappa shape index (κ1) is 10.8. The molecule has 0 atom stereocenters. The molecular formula is C8H8N4O3. The topological polar surface area (TPSA) is 101 Å². The predicted molar refractivity (Wildman–Crippen MR) is 52.5 cm³/mol. The lowest BCUT2D eigenvalue weighted by Gasteiger charge is -2.04. The van der Waals surface area contributed by atoms with E-state index in [4.69, 9.17) is 10.3 Å². The summed E-state index contributed by atoms with van der Waals surface area (Å²) >= 11 is 0. The number of azide groups is 1. The number of methoxy groups -OCH3 is 1. The van der Waals surface area contributed by atoms with Crippen LogP contribution in [-0.2, 0) is 6.54 Å². The molecule has 7 heteroatoms. The van der Waals surface area contributed by atoms with Gasteiger partial charge in [-0.2, -0.15) is 0 Å². The Morgan fingerprint density at radius 1 is 1.67 bits per heavy atom. The van der Waals surface area contributed by atoms with Gasteiger partial charge in [0.2, 0.25) is 0 Å². The van der Waals surface area contributed by atoms with Crippen molar-refractivity contribution in [3.8, 4) is 5.75 Å². The smallest absolute Gasteiger partial charge is 0.273 e. The molecule has 0 aliphatic rings. The average molecular weight is 208 g/mol. The van der Waals surface area contributed by atoms with Crippen LogP contribution < -0.4 is 4.74 Å². The molecule has 15 heavy (non-hydrogen) atoms. The van der Waals surface area contributed by atoms with Gasteiger partial charge in [-0.05, 0) is 11.6 Å². The van der Waals surface area contributed by atoms with Crippen molar-refractivity contribution < 1.29 is 9.66 Å². The number of nitrogens with zero attached hydrogens (tertiary/aromatic N) is 4. The molecule has 0 aromatic heterocycles. The van der Waals surface area contributed by atoms with Crippen LogP contribution in [0.3, 0.4) is 0 Å². The van der Waals surface area contributed by atoms with Crippen LogP contribution in [0.1, 0.15) is 5.56 Å². The maximum Gasteiger partial charge on any atom is 0.273 e. The number of benzene rings is 1. The molecule has 78 valence electrons. The normalized spacial score (nSPS) is 9.13. The highest BCUT2D eigenvalue weighted by atomic mass is 16.6. The van der Waals surface area contributed by atoms with Gasteiger partial charge in [-0.3, -0.25) is 10.1 Å². The highest BCUT2D eigenvalue weighted by molar-refractivity contribution is 5.44. The Morgan fingerprint density at radius 2 is 2.40 bits per heavy atom. The molecule has 0 fully saturated rings. The molecule has 7 nitrogen and oxygen atoms in total. The summed E-state index contributed by atoms with van der Waals surface area (Å²) in [6.07, 6.45) is 0. The van der Waals surface area contributed by atoms with E-state index >= 15 is 0 Å². The highest BCUT2D eigenvalue weighted by Crippen LogP contribution is 2.25. The third kappa shape index (κ3) is 2.58. The molecule has 0 aliphatic heterocycles. The third-order valence-electron chi connectivity index (χ3n) is 1.79. The minimum absolute atomic E-state index is 0.0588. The first-order chi connectivity index (χ1) is 7.19. The van der Waals surface area contributed by atoms with Crippen molar-refractivity contribution in [2.75, 3.05) is 7.11 Å². The van der Waals surface area contributed by atoms with Crippen molar-refractivity contribution in [1.82, 2.24) is 0 Å². The van der Waals surface area contributed by atoms with E-state index in [1.54, 1.807) is 0 Å². The van der Waals surface area contributed by atoms with Gasteiger partial charge in [0.1, 0.15) is 5.75 Å². The van der Waals surface area contributed by atoms with Gasteiger partial charge in [0.15, 0.2) is 0 Å². The second-order valence-electron chi connectivity index (χ2n) is 2.64. The van der Waals surface area contributed by atoms with Crippen LogP contribution in [0.5, 0.6) is 5.75 Å². The molecule has 0 saturated carbocycles. The molecular weight excluding hydrogens is 200 g/mol. The third-order valence-corrected chi connectivity index (χ3v) is 1.79. The Kier molecular flexibility index (Phi) is 3.48. The predicted octanol–water partition coefficient (Wildman–Crippen LogP) is 2.41. The molecule has 0 heterocycles. The van der Waals surface area contributed by atoms with E-state index in [1.807, 2.05) is 0 Å². The van der Waals surface area contributed by atoms with Crippen LogP contribution in [0.25, 0.3) is 10.4 Å². The van der Waals surface area contributed by atoms with Crippen molar-refractivity contribution >= 4 is 5.69 Å². The van der Waals surface area contributed by atoms with E-state index in [1.165, 1.54) is 25.3 Å². The molecule has 1 rings (SSSR count). The van der Waals surface area contributed by atoms with E-state index < -0.39 is 4.92 Å². The molecule has 0 N–H and O–H groups in total. The molecule has 0 bridgehead atoms. The second kappa shape index (κ2) is 4.83. The summed E-state index contributed by atoms with van der Waals surface area (Å²) in [6.45, 7) is 0.109. The number of ether oxygens (including phenoxy) is 1. The fourth-order valence-electron chi connectivity index (χ4n) is 1.09.